The van der Waals surface area contributed by atoms with Crippen molar-refractivity contribution in [1.29, 1.82) is 0 Å². The predicted molar refractivity (Wildman–Crippen MR) is 94.3 cm³/mol. The molecule has 0 unspecified atom stereocenters. The van der Waals surface area contributed by atoms with Crippen LogP contribution >= 0.6 is 23.4 Å². The largest absolute Gasteiger partial charge is 0.325 e. The first kappa shape index (κ1) is 17.4. The van der Waals surface area contributed by atoms with Crippen LogP contribution in [0.2, 0.25) is 5.02 Å². The number of carbonyl (C=O) groups excluding carboxylic acids is 1. The molecule has 0 saturated heterocycles. The summed E-state index contributed by atoms with van der Waals surface area (Å²) in [5.74, 6) is -1.86. The number of carbonyl (C=O) groups is 1. The van der Waals surface area contributed by atoms with Crippen molar-refractivity contribution in [2.75, 3.05) is 11.1 Å². The molecule has 0 bridgehead atoms. The highest BCUT2D eigenvalue weighted by Gasteiger charge is 2.10. The molecule has 128 valence electrons. The molecule has 0 radical (unpaired) electrons. The number of imidazole rings is 1. The quantitative estimate of drug-likeness (QED) is 0.662. The van der Waals surface area contributed by atoms with E-state index in [0.29, 0.717) is 10.2 Å². The van der Waals surface area contributed by atoms with Gasteiger partial charge in [-0.2, -0.15) is 0 Å². The average Bonchev–Trinajstić information content (AvgIpc) is 3.00. The lowest BCUT2D eigenvalue weighted by atomic mass is 10.3. The third-order valence-electron chi connectivity index (χ3n) is 3.17. The van der Waals surface area contributed by atoms with Crippen LogP contribution in [0.5, 0.6) is 0 Å². The number of nitrogens with zero attached hydrogens (tertiary/aromatic N) is 2. The number of benzene rings is 2. The molecular weight excluding hydrogens is 368 g/mol. The smallest absolute Gasteiger partial charge is 0.234 e. The zero-order chi connectivity index (χ0) is 17.8. The van der Waals surface area contributed by atoms with E-state index in [4.69, 9.17) is 11.6 Å². The van der Waals surface area contributed by atoms with Gasteiger partial charge >= 0.3 is 0 Å². The van der Waals surface area contributed by atoms with E-state index in [0.717, 1.165) is 23.9 Å². The first-order chi connectivity index (χ1) is 12.0. The van der Waals surface area contributed by atoms with Gasteiger partial charge in [0.2, 0.25) is 5.91 Å². The van der Waals surface area contributed by atoms with E-state index in [9.17, 15) is 13.6 Å². The van der Waals surface area contributed by atoms with E-state index in [1.54, 1.807) is 29.1 Å². The van der Waals surface area contributed by atoms with Gasteiger partial charge in [0.25, 0.3) is 0 Å². The Morgan fingerprint density at radius 3 is 2.68 bits per heavy atom. The van der Waals surface area contributed by atoms with Crippen molar-refractivity contribution in [3.63, 3.8) is 0 Å². The van der Waals surface area contributed by atoms with Crippen molar-refractivity contribution in [2.24, 2.45) is 0 Å². The molecule has 0 atom stereocenters. The summed E-state index contributed by atoms with van der Waals surface area (Å²) in [6.45, 7) is 0. The van der Waals surface area contributed by atoms with Gasteiger partial charge in [-0.25, -0.2) is 13.8 Å². The lowest BCUT2D eigenvalue weighted by Gasteiger charge is -2.08. The highest BCUT2D eigenvalue weighted by atomic mass is 35.5. The maximum atomic E-state index is 13.1. The van der Waals surface area contributed by atoms with Crippen molar-refractivity contribution in [2.45, 2.75) is 5.16 Å². The van der Waals surface area contributed by atoms with Gasteiger partial charge in [0, 0.05) is 34.9 Å². The minimum absolute atomic E-state index is 0.0374. The summed E-state index contributed by atoms with van der Waals surface area (Å²) in [5.41, 5.74) is 0.890. The average molecular weight is 380 g/mol. The van der Waals surface area contributed by atoms with Crippen molar-refractivity contribution >= 4 is 35.0 Å². The van der Waals surface area contributed by atoms with Crippen LogP contribution in [-0.4, -0.2) is 21.2 Å². The third-order valence-corrected chi connectivity index (χ3v) is 4.37. The molecule has 3 aromatic rings. The topological polar surface area (TPSA) is 46.9 Å². The number of thioether (sulfide) groups is 1. The summed E-state index contributed by atoms with van der Waals surface area (Å²) < 4.78 is 28.1. The molecule has 8 heteroatoms. The Kier molecular flexibility index (Phi) is 5.35. The van der Waals surface area contributed by atoms with Crippen LogP contribution < -0.4 is 5.32 Å². The molecule has 0 spiro atoms. The fourth-order valence-corrected chi connectivity index (χ4v) is 3.13. The summed E-state index contributed by atoms with van der Waals surface area (Å²) in [5, 5.41) is 3.65. The predicted octanol–water partition coefficient (Wildman–Crippen LogP) is 4.53. The number of hydrogen-bond donors (Lipinski definition) is 1. The number of amides is 1. The van der Waals surface area contributed by atoms with Crippen molar-refractivity contribution in [1.82, 2.24) is 9.55 Å². The van der Waals surface area contributed by atoms with E-state index in [2.05, 4.69) is 10.3 Å². The summed E-state index contributed by atoms with van der Waals surface area (Å²) >= 11 is 7.19. The van der Waals surface area contributed by atoms with E-state index < -0.39 is 17.5 Å². The number of nitrogens with one attached hydrogen (secondary N) is 1. The molecular formula is C17H12ClF2N3OS. The molecule has 4 nitrogen and oxygen atoms in total. The lowest BCUT2D eigenvalue weighted by Crippen LogP contribution is -2.14. The maximum Gasteiger partial charge on any atom is 0.234 e. The van der Waals surface area contributed by atoms with E-state index in [1.807, 2.05) is 12.1 Å². The van der Waals surface area contributed by atoms with Gasteiger partial charge in [-0.15, -0.1) is 0 Å². The minimum atomic E-state index is -0.751. The number of hydrogen-bond acceptors (Lipinski definition) is 3. The molecule has 1 amide bonds. The first-order valence-corrected chi connectivity index (χ1v) is 8.55. The van der Waals surface area contributed by atoms with Gasteiger partial charge in [-0.3, -0.25) is 9.36 Å². The van der Waals surface area contributed by atoms with E-state index >= 15 is 0 Å². The van der Waals surface area contributed by atoms with Crippen LogP contribution in [-0.2, 0) is 4.79 Å². The lowest BCUT2D eigenvalue weighted by molar-refractivity contribution is -0.113. The van der Waals surface area contributed by atoms with E-state index in [-0.39, 0.29) is 11.4 Å². The molecule has 0 fully saturated rings. The van der Waals surface area contributed by atoms with E-state index in [1.165, 1.54) is 11.8 Å². The SMILES string of the molecule is O=C(CSc1nccn1-c1cccc(Cl)c1)Nc1cc(F)cc(F)c1. The van der Waals surface area contributed by atoms with Crippen molar-refractivity contribution in [3.8, 4) is 5.69 Å². The minimum Gasteiger partial charge on any atom is -0.325 e. The normalized spacial score (nSPS) is 10.7. The molecule has 3 rings (SSSR count). The Labute approximate surface area is 151 Å². The van der Waals surface area contributed by atoms with Gasteiger partial charge in [-0.05, 0) is 30.3 Å². The third kappa shape index (κ3) is 4.58. The highest BCUT2D eigenvalue weighted by Crippen LogP contribution is 2.23. The number of anilines is 1. The standard InChI is InChI=1S/C17H12ClF2N3OS/c18-11-2-1-3-15(6-11)23-5-4-21-17(23)25-10-16(24)22-14-8-12(19)7-13(20)9-14/h1-9H,10H2,(H,22,24). The van der Waals surface area contributed by atoms with Gasteiger partial charge in [0.15, 0.2) is 5.16 Å². The van der Waals surface area contributed by atoms with Crippen LogP contribution in [0.15, 0.2) is 60.0 Å². The van der Waals surface area contributed by atoms with Crippen molar-refractivity contribution < 1.29 is 13.6 Å². The Balaban J connectivity index is 1.66. The van der Waals surface area contributed by atoms with Crippen LogP contribution in [0.4, 0.5) is 14.5 Å². The maximum absolute atomic E-state index is 13.1. The first-order valence-electron chi connectivity index (χ1n) is 7.19. The number of halogens is 3. The van der Waals surface area contributed by atoms with Crippen LogP contribution in [0, 0.1) is 11.6 Å². The molecule has 0 saturated carbocycles. The molecule has 2 aromatic carbocycles. The molecule has 0 aliphatic carbocycles. The monoisotopic (exact) mass is 379 g/mol. The van der Waals surface area contributed by atoms with Gasteiger partial charge in [0.1, 0.15) is 11.6 Å². The molecule has 1 heterocycles. The zero-order valence-corrected chi connectivity index (χ0v) is 14.3. The zero-order valence-electron chi connectivity index (χ0n) is 12.7. The summed E-state index contributed by atoms with van der Waals surface area (Å²) in [6, 6.07) is 10.1. The summed E-state index contributed by atoms with van der Waals surface area (Å²) in [6.07, 6.45) is 3.37. The second-order valence-corrected chi connectivity index (χ2v) is 6.43. The fraction of sp³-hybridized carbons (Fsp3) is 0.0588. The molecule has 1 N–H and O–H groups in total. The number of rotatable bonds is 5. The number of aromatic nitrogens is 2. The van der Waals surface area contributed by atoms with Gasteiger partial charge < -0.3 is 5.32 Å². The summed E-state index contributed by atoms with van der Waals surface area (Å²) in [7, 11) is 0. The highest BCUT2D eigenvalue weighted by molar-refractivity contribution is 7.99. The molecule has 0 aliphatic rings. The van der Waals surface area contributed by atoms with Crippen LogP contribution in [0.3, 0.4) is 0 Å². The van der Waals surface area contributed by atoms with Crippen molar-refractivity contribution in [3.05, 3.63) is 71.5 Å². The Morgan fingerprint density at radius 2 is 1.96 bits per heavy atom. The fourth-order valence-electron chi connectivity index (χ4n) is 2.17. The second kappa shape index (κ2) is 7.67. The Bertz CT molecular complexity index is 896. The van der Waals surface area contributed by atoms with Crippen LogP contribution in [0.25, 0.3) is 5.69 Å². The van der Waals surface area contributed by atoms with Gasteiger partial charge in [-0.1, -0.05) is 29.4 Å². The Hall–Kier alpha value is -2.38. The molecule has 25 heavy (non-hydrogen) atoms. The molecule has 0 aliphatic heterocycles. The van der Waals surface area contributed by atoms with Crippen LogP contribution in [0.1, 0.15) is 0 Å². The van der Waals surface area contributed by atoms with Gasteiger partial charge in [0.05, 0.1) is 5.75 Å². The summed E-state index contributed by atoms with van der Waals surface area (Å²) in [4.78, 5) is 16.2. The Morgan fingerprint density at radius 1 is 1.20 bits per heavy atom. The second-order valence-electron chi connectivity index (χ2n) is 5.05. The molecule has 1 aromatic heterocycles.